The molecule has 0 saturated heterocycles. The molecule has 140 valence electrons. The summed E-state index contributed by atoms with van der Waals surface area (Å²) in [6, 6.07) is 3.74. The molecule has 25 heavy (non-hydrogen) atoms. The van der Waals surface area contributed by atoms with Crippen LogP contribution in [0, 0.1) is 0 Å². The summed E-state index contributed by atoms with van der Waals surface area (Å²) in [7, 11) is 0. The first kappa shape index (κ1) is 20.6. The van der Waals surface area contributed by atoms with Crippen molar-refractivity contribution in [1.29, 1.82) is 0 Å². The number of alkyl carbamates (subject to hydrolysis) is 1. The maximum Gasteiger partial charge on any atom is 0.407 e. The number of alkyl halides is 2. The number of amides is 1. The van der Waals surface area contributed by atoms with Gasteiger partial charge in [-0.3, -0.25) is 0 Å². The summed E-state index contributed by atoms with van der Waals surface area (Å²) in [6.45, 7) is 4.68. The number of carbonyl (C=O) groups excluding carboxylic acids is 1. The number of hydrogen-bond donors (Lipinski definition) is 4. The van der Waals surface area contributed by atoms with Crippen molar-refractivity contribution in [2.24, 2.45) is 0 Å². The van der Waals surface area contributed by atoms with Crippen molar-refractivity contribution in [2.45, 2.75) is 50.9 Å². The molecule has 0 heterocycles. The van der Waals surface area contributed by atoms with Crippen molar-refractivity contribution in [3.63, 3.8) is 0 Å². The zero-order valence-electron chi connectivity index (χ0n) is 14.0. The third-order valence-electron chi connectivity index (χ3n) is 3.13. The standard InChI is InChI=1S/C16H21F2NO6/c1-15(2,3)25-14(24)19-11(12(21)16(17,18)13(22)23)8-9-4-6-10(20)7-5-9/h4-7,11-12,20-21H,8H2,1-3H3,(H,19,24)(H,22,23). The lowest BCUT2D eigenvalue weighted by Gasteiger charge is -2.29. The molecular formula is C16H21F2NO6. The first-order valence-electron chi connectivity index (χ1n) is 7.39. The van der Waals surface area contributed by atoms with Gasteiger partial charge in [0, 0.05) is 0 Å². The Labute approximate surface area is 143 Å². The highest BCUT2D eigenvalue weighted by molar-refractivity contribution is 5.76. The van der Waals surface area contributed by atoms with Crippen LogP contribution in [0.5, 0.6) is 5.75 Å². The molecule has 0 spiro atoms. The van der Waals surface area contributed by atoms with E-state index in [-0.39, 0.29) is 12.2 Å². The number of aliphatic hydroxyl groups excluding tert-OH is 1. The third kappa shape index (κ3) is 6.18. The lowest BCUT2D eigenvalue weighted by atomic mass is 9.97. The van der Waals surface area contributed by atoms with E-state index in [0.717, 1.165) is 0 Å². The molecule has 0 aliphatic heterocycles. The van der Waals surface area contributed by atoms with Crippen molar-refractivity contribution < 1.29 is 38.4 Å². The molecule has 4 N–H and O–H groups in total. The summed E-state index contributed by atoms with van der Waals surface area (Å²) < 4.78 is 32.3. The number of rotatable bonds is 6. The highest BCUT2D eigenvalue weighted by Gasteiger charge is 2.51. The van der Waals surface area contributed by atoms with Crippen molar-refractivity contribution >= 4 is 12.1 Å². The lowest BCUT2D eigenvalue weighted by molar-refractivity contribution is -0.185. The Morgan fingerprint density at radius 1 is 1.20 bits per heavy atom. The Bertz CT molecular complexity index is 612. The number of ether oxygens (including phenoxy) is 1. The maximum atomic E-state index is 13.7. The smallest absolute Gasteiger partial charge is 0.407 e. The minimum atomic E-state index is -4.48. The molecule has 7 nitrogen and oxygen atoms in total. The van der Waals surface area contributed by atoms with Crippen LogP contribution in [-0.4, -0.2) is 51.1 Å². The Kier molecular flexibility index (Phi) is 6.31. The van der Waals surface area contributed by atoms with Gasteiger partial charge in [0.1, 0.15) is 17.5 Å². The van der Waals surface area contributed by atoms with Crippen molar-refractivity contribution in [1.82, 2.24) is 5.32 Å². The number of carbonyl (C=O) groups is 2. The van der Waals surface area contributed by atoms with Crippen LogP contribution in [0.4, 0.5) is 13.6 Å². The van der Waals surface area contributed by atoms with Crippen LogP contribution in [0.2, 0.25) is 0 Å². The van der Waals surface area contributed by atoms with E-state index in [1.165, 1.54) is 24.3 Å². The predicted octanol–water partition coefficient (Wildman–Crippen LogP) is 1.91. The van der Waals surface area contributed by atoms with Crippen molar-refractivity contribution in [3.05, 3.63) is 29.8 Å². The molecule has 2 atom stereocenters. The number of hydrogen-bond acceptors (Lipinski definition) is 5. The summed E-state index contributed by atoms with van der Waals surface area (Å²) in [5.74, 6) is -7.05. The van der Waals surface area contributed by atoms with Crippen LogP contribution < -0.4 is 5.32 Å². The molecule has 1 aromatic carbocycles. The van der Waals surface area contributed by atoms with E-state index >= 15 is 0 Å². The van der Waals surface area contributed by atoms with Crippen LogP contribution in [0.25, 0.3) is 0 Å². The number of nitrogens with one attached hydrogen (secondary N) is 1. The zero-order valence-corrected chi connectivity index (χ0v) is 14.0. The number of carboxylic acid groups (broad SMARTS) is 1. The molecule has 0 aromatic heterocycles. The molecule has 0 radical (unpaired) electrons. The molecule has 0 aliphatic carbocycles. The van der Waals surface area contributed by atoms with Gasteiger partial charge < -0.3 is 25.4 Å². The number of phenolic OH excluding ortho intramolecular Hbond substituents is 1. The van der Waals surface area contributed by atoms with Gasteiger partial charge in [0.15, 0.2) is 0 Å². The highest BCUT2D eigenvalue weighted by atomic mass is 19.3. The van der Waals surface area contributed by atoms with Crippen LogP contribution in [0.15, 0.2) is 24.3 Å². The predicted molar refractivity (Wildman–Crippen MR) is 83.6 cm³/mol. The Morgan fingerprint density at radius 3 is 2.16 bits per heavy atom. The number of carboxylic acids is 1. The van der Waals surface area contributed by atoms with Crippen molar-refractivity contribution in [3.8, 4) is 5.75 Å². The van der Waals surface area contributed by atoms with E-state index in [2.05, 4.69) is 5.32 Å². The van der Waals surface area contributed by atoms with Gasteiger partial charge in [-0.25, -0.2) is 9.59 Å². The summed E-state index contributed by atoms with van der Waals surface area (Å²) in [6.07, 6.45) is -4.06. The molecule has 1 aromatic rings. The first-order chi connectivity index (χ1) is 11.3. The number of aliphatic carboxylic acids is 1. The molecule has 2 unspecified atom stereocenters. The number of phenols is 1. The number of halogens is 2. The molecule has 1 rings (SSSR count). The quantitative estimate of drug-likeness (QED) is 0.615. The van der Waals surface area contributed by atoms with Gasteiger partial charge in [-0.05, 0) is 44.9 Å². The van der Waals surface area contributed by atoms with Gasteiger partial charge in [-0.2, -0.15) is 8.78 Å². The van der Waals surface area contributed by atoms with Gasteiger partial charge in [0.25, 0.3) is 0 Å². The van der Waals surface area contributed by atoms with E-state index < -0.39 is 35.7 Å². The van der Waals surface area contributed by atoms with Crippen LogP contribution in [0.1, 0.15) is 26.3 Å². The largest absolute Gasteiger partial charge is 0.508 e. The summed E-state index contributed by atoms with van der Waals surface area (Å²) in [4.78, 5) is 22.5. The first-order valence-corrected chi connectivity index (χ1v) is 7.39. The minimum absolute atomic E-state index is 0.0585. The summed E-state index contributed by atoms with van der Waals surface area (Å²) in [5.41, 5.74) is -0.521. The average molecular weight is 361 g/mol. The maximum absolute atomic E-state index is 13.7. The number of aromatic hydroxyl groups is 1. The third-order valence-corrected chi connectivity index (χ3v) is 3.13. The van der Waals surface area contributed by atoms with Gasteiger partial charge in [-0.1, -0.05) is 12.1 Å². The second kappa shape index (κ2) is 7.64. The topological polar surface area (TPSA) is 116 Å². The van der Waals surface area contributed by atoms with E-state index in [4.69, 9.17) is 9.84 Å². The monoisotopic (exact) mass is 361 g/mol. The van der Waals surface area contributed by atoms with E-state index in [9.17, 15) is 28.6 Å². The van der Waals surface area contributed by atoms with Crippen LogP contribution in [0.3, 0.4) is 0 Å². The Hall–Kier alpha value is -2.42. The highest BCUT2D eigenvalue weighted by Crippen LogP contribution is 2.24. The van der Waals surface area contributed by atoms with Gasteiger partial charge >= 0.3 is 18.0 Å². The van der Waals surface area contributed by atoms with Gasteiger partial charge in [0.2, 0.25) is 0 Å². The molecule has 0 fully saturated rings. The zero-order chi connectivity index (χ0) is 19.4. The Balaban J connectivity index is 3.02. The minimum Gasteiger partial charge on any atom is -0.508 e. The summed E-state index contributed by atoms with van der Waals surface area (Å²) >= 11 is 0. The molecular weight excluding hydrogens is 340 g/mol. The average Bonchev–Trinajstić information content (AvgIpc) is 2.45. The molecule has 0 aliphatic rings. The molecule has 0 saturated carbocycles. The van der Waals surface area contributed by atoms with Gasteiger partial charge in [0.05, 0.1) is 6.04 Å². The summed E-state index contributed by atoms with van der Waals surface area (Å²) in [5, 5.41) is 29.7. The number of aliphatic hydroxyl groups is 1. The SMILES string of the molecule is CC(C)(C)OC(=O)NC(Cc1ccc(O)cc1)C(O)C(F)(F)C(=O)O. The normalized spacial score (nSPS) is 14.5. The lowest BCUT2D eigenvalue weighted by Crippen LogP contribution is -2.56. The fraction of sp³-hybridized carbons (Fsp3) is 0.500. The molecule has 0 bridgehead atoms. The Morgan fingerprint density at radius 2 is 1.72 bits per heavy atom. The van der Waals surface area contributed by atoms with Crippen LogP contribution >= 0.6 is 0 Å². The van der Waals surface area contributed by atoms with Crippen LogP contribution in [-0.2, 0) is 16.0 Å². The fourth-order valence-corrected chi connectivity index (χ4v) is 1.97. The van der Waals surface area contributed by atoms with E-state index in [1.54, 1.807) is 20.8 Å². The van der Waals surface area contributed by atoms with Gasteiger partial charge in [-0.15, -0.1) is 0 Å². The van der Waals surface area contributed by atoms with E-state index in [0.29, 0.717) is 5.56 Å². The molecule has 1 amide bonds. The van der Waals surface area contributed by atoms with E-state index in [1.807, 2.05) is 0 Å². The van der Waals surface area contributed by atoms with Crippen molar-refractivity contribution in [2.75, 3.05) is 0 Å². The number of benzene rings is 1. The second-order valence-electron chi connectivity index (χ2n) is 6.50. The second-order valence-corrected chi connectivity index (χ2v) is 6.50. The fourth-order valence-electron chi connectivity index (χ4n) is 1.97. The molecule has 9 heteroatoms.